The first-order valence-corrected chi connectivity index (χ1v) is 10.4. The number of hydrogen-bond acceptors (Lipinski definition) is 3. The van der Waals surface area contributed by atoms with Crippen molar-refractivity contribution in [2.24, 2.45) is 0 Å². The Labute approximate surface area is 175 Å². The minimum absolute atomic E-state index is 0.286. The maximum Gasteiger partial charge on any atom is 0.121 e. The molecule has 0 aromatic heterocycles. The first-order chi connectivity index (χ1) is 13.9. The zero-order chi connectivity index (χ0) is 21.1. The van der Waals surface area contributed by atoms with E-state index in [2.05, 4.69) is 82.1 Å². The fraction of sp³-hybridized carbons (Fsp3) is 0.385. The summed E-state index contributed by atoms with van der Waals surface area (Å²) in [5, 5.41) is 0. The van der Waals surface area contributed by atoms with E-state index in [1.54, 1.807) is 14.2 Å². The zero-order valence-electron chi connectivity index (χ0n) is 18.8. The van der Waals surface area contributed by atoms with Crippen LogP contribution in [0.3, 0.4) is 0 Å². The van der Waals surface area contributed by atoms with Crippen LogP contribution in [0.25, 0.3) is 5.57 Å². The van der Waals surface area contributed by atoms with Crippen molar-refractivity contribution in [2.75, 3.05) is 19.1 Å². The number of rotatable bonds is 6. The van der Waals surface area contributed by atoms with Crippen molar-refractivity contribution < 1.29 is 9.47 Å². The van der Waals surface area contributed by atoms with Crippen LogP contribution in [0.15, 0.2) is 53.7 Å². The number of ether oxygens (including phenoxy) is 2. The lowest BCUT2D eigenvalue weighted by atomic mass is 9.83. The van der Waals surface area contributed by atoms with Gasteiger partial charge in [-0.2, -0.15) is 0 Å². The molecule has 0 spiro atoms. The highest BCUT2D eigenvalue weighted by atomic mass is 16.5. The molecule has 3 rings (SSSR count). The molecule has 0 amide bonds. The van der Waals surface area contributed by atoms with Gasteiger partial charge in [0.15, 0.2) is 0 Å². The van der Waals surface area contributed by atoms with E-state index in [4.69, 9.17) is 9.47 Å². The summed E-state index contributed by atoms with van der Waals surface area (Å²) in [5.74, 6) is 1.86. The van der Waals surface area contributed by atoms with E-state index in [1.807, 2.05) is 0 Å². The van der Waals surface area contributed by atoms with Crippen LogP contribution in [0.4, 0.5) is 5.69 Å². The van der Waals surface area contributed by atoms with Crippen molar-refractivity contribution in [3.05, 3.63) is 70.4 Å². The molecule has 0 saturated carbocycles. The Morgan fingerprint density at radius 2 is 1.48 bits per heavy atom. The standard InChI is InChI=1S/C26H33NO2/c1-8-22-19(5)16-27(21-11-13-25(29-7)18(4)15-21)23(9-2)26(22)20-10-12-24(28-6)17(3)14-20/h10-16,23H,8-9H2,1-7H3. The Morgan fingerprint density at radius 3 is 2.00 bits per heavy atom. The summed E-state index contributed by atoms with van der Waals surface area (Å²) in [4.78, 5) is 2.43. The first-order valence-electron chi connectivity index (χ1n) is 10.4. The molecule has 1 aliphatic heterocycles. The van der Waals surface area contributed by atoms with E-state index >= 15 is 0 Å². The summed E-state index contributed by atoms with van der Waals surface area (Å²) >= 11 is 0. The van der Waals surface area contributed by atoms with Crippen LogP contribution in [0.1, 0.15) is 50.3 Å². The lowest BCUT2D eigenvalue weighted by Gasteiger charge is -2.38. The molecule has 154 valence electrons. The van der Waals surface area contributed by atoms with Crippen molar-refractivity contribution in [1.82, 2.24) is 0 Å². The number of methoxy groups -OCH3 is 2. The van der Waals surface area contributed by atoms with Crippen LogP contribution >= 0.6 is 0 Å². The van der Waals surface area contributed by atoms with E-state index in [9.17, 15) is 0 Å². The Kier molecular flexibility index (Phi) is 6.36. The van der Waals surface area contributed by atoms with Crippen molar-refractivity contribution in [2.45, 2.75) is 53.5 Å². The summed E-state index contributed by atoms with van der Waals surface area (Å²) in [6.07, 6.45) is 4.36. The molecule has 1 aliphatic rings. The fourth-order valence-corrected chi connectivity index (χ4v) is 4.49. The smallest absolute Gasteiger partial charge is 0.121 e. The van der Waals surface area contributed by atoms with Crippen LogP contribution in [0.5, 0.6) is 11.5 Å². The average molecular weight is 392 g/mol. The third kappa shape index (κ3) is 3.91. The molecule has 3 nitrogen and oxygen atoms in total. The van der Waals surface area contributed by atoms with E-state index in [-0.39, 0.29) is 6.04 Å². The Hall–Kier alpha value is -2.68. The monoisotopic (exact) mass is 391 g/mol. The second-order valence-corrected chi connectivity index (χ2v) is 7.73. The molecule has 2 aromatic rings. The molecular weight excluding hydrogens is 358 g/mol. The van der Waals surface area contributed by atoms with Crippen molar-refractivity contribution >= 4 is 11.3 Å². The molecule has 0 fully saturated rings. The van der Waals surface area contributed by atoms with Gasteiger partial charge in [-0.15, -0.1) is 0 Å². The van der Waals surface area contributed by atoms with Gasteiger partial charge in [0.05, 0.1) is 20.3 Å². The van der Waals surface area contributed by atoms with Gasteiger partial charge in [0.25, 0.3) is 0 Å². The molecule has 1 heterocycles. The van der Waals surface area contributed by atoms with Crippen LogP contribution in [0.2, 0.25) is 0 Å². The number of nitrogens with zero attached hydrogens (tertiary/aromatic N) is 1. The summed E-state index contributed by atoms with van der Waals surface area (Å²) < 4.78 is 11.0. The van der Waals surface area contributed by atoms with Gasteiger partial charge in [0.2, 0.25) is 0 Å². The topological polar surface area (TPSA) is 21.7 Å². The lowest BCUT2D eigenvalue weighted by Crippen LogP contribution is -2.35. The normalized spacial score (nSPS) is 16.7. The zero-order valence-corrected chi connectivity index (χ0v) is 18.8. The highest BCUT2D eigenvalue weighted by Gasteiger charge is 2.29. The molecule has 0 bridgehead atoms. The number of hydrogen-bond donors (Lipinski definition) is 0. The molecule has 0 radical (unpaired) electrons. The van der Waals surface area contributed by atoms with Crippen LogP contribution in [0, 0.1) is 13.8 Å². The molecule has 0 saturated heterocycles. The molecular formula is C26H33NO2. The third-order valence-electron chi connectivity index (χ3n) is 5.93. The minimum Gasteiger partial charge on any atom is -0.496 e. The molecule has 1 unspecified atom stereocenters. The quantitative estimate of drug-likeness (QED) is 0.548. The second-order valence-electron chi connectivity index (χ2n) is 7.73. The average Bonchev–Trinajstić information content (AvgIpc) is 2.72. The first kappa shape index (κ1) is 21.0. The van der Waals surface area contributed by atoms with Crippen molar-refractivity contribution in [1.29, 1.82) is 0 Å². The minimum atomic E-state index is 0.286. The second kappa shape index (κ2) is 8.77. The predicted molar refractivity (Wildman–Crippen MR) is 123 cm³/mol. The van der Waals surface area contributed by atoms with Crippen LogP contribution < -0.4 is 14.4 Å². The molecule has 3 heteroatoms. The van der Waals surface area contributed by atoms with Gasteiger partial charge in [0.1, 0.15) is 11.5 Å². The summed E-state index contributed by atoms with van der Waals surface area (Å²) in [5.41, 5.74) is 9.01. The molecule has 0 aliphatic carbocycles. The maximum absolute atomic E-state index is 5.49. The number of anilines is 1. The number of allylic oxidation sites excluding steroid dienone is 2. The van der Waals surface area contributed by atoms with Gasteiger partial charge in [-0.25, -0.2) is 0 Å². The Balaban J connectivity index is 2.14. The Morgan fingerprint density at radius 1 is 0.862 bits per heavy atom. The maximum atomic E-state index is 5.49. The van der Waals surface area contributed by atoms with Gasteiger partial charge in [-0.05, 0) is 97.4 Å². The summed E-state index contributed by atoms with van der Waals surface area (Å²) in [7, 11) is 3.46. The van der Waals surface area contributed by atoms with E-state index in [0.29, 0.717) is 0 Å². The molecule has 29 heavy (non-hydrogen) atoms. The summed E-state index contributed by atoms with van der Waals surface area (Å²) in [6.45, 7) is 11.0. The number of benzene rings is 2. The van der Waals surface area contributed by atoms with Gasteiger partial charge in [-0.1, -0.05) is 19.9 Å². The van der Waals surface area contributed by atoms with Gasteiger partial charge >= 0.3 is 0 Å². The largest absolute Gasteiger partial charge is 0.496 e. The van der Waals surface area contributed by atoms with Crippen LogP contribution in [-0.4, -0.2) is 20.3 Å². The van der Waals surface area contributed by atoms with Crippen molar-refractivity contribution in [3.8, 4) is 11.5 Å². The van der Waals surface area contributed by atoms with E-state index in [0.717, 1.165) is 29.9 Å². The van der Waals surface area contributed by atoms with Crippen LogP contribution in [-0.2, 0) is 0 Å². The molecule has 2 aromatic carbocycles. The highest BCUT2D eigenvalue weighted by molar-refractivity contribution is 5.82. The van der Waals surface area contributed by atoms with E-state index in [1.165, 1.54) is 33.5 Å². The molecule has 1 atom stereocenters. The molecule has 0 N–H and O–H groups in total. The number of aryl methyl sites for hydroxylation is 2. The predicted octanol–water partition coefficient (Wildman–Crippen LogP) is 6.69. The van der Waals surface area contributed by atoms with E-state index < -0.39 is 0 Å². The van der Waals surface area contributed by atoms with Gasteiger partial charge in [-0.3, -0.25) is 0 Å². The third-order valence-corrected chi connectivity index (χ3v) is 5.93. The Bertz CT molecular complexity index is 955. The SMILES string of the molecule is CCC1=C(c2ccc(OC)c(C)c2)C(CC)N(c2ccc(OC)c(C)c2)C=C1C. The van der Waals surface area contributed by atoms with Gasteiger partial charge in [0, 0.05) is 11.9 Å². The van der Waals surface area contributed by atoms with Gasteiger partial charge < -0.3 is 14.4 Å². The lowest BCUT2D eigenvalue weighted by molar-refractivity contribution is 0.411. The fourth-order valence-electron chi connectivity index (χ4n) is 4.49. The summed E-state index contributed by atoms with van der Waals surface area (Å²) in [6, 6.07) is 13.3. The van der Waals surface area contributed by atoms with Crippen molar-refractivity contribution in [3.63, 3.8) is 0 Å². The highest BCUT2D eigenvalue weighted by Crippen LogP contribution is 2.41.